The molecule has 0 spiro atoms. The predicted octanol–water partition coefficient (Wildman–Crippen LogP) is 0.764. The van der Waals surface area contributed by atoms with Gasteiger partial charge in [0.2, 0.25) is 0 Å². The van der Waals surface area contributed by atoms with Crippen LogP contribution in [0.1, 0.15) is 10.4 Å². The van der Waals surface area contributed by atoms with Gasteiger partial charge < -0.3 is 11.9 Å². The van der Waals surface area contributed by atoms with Crippen molar-refractivity contribution in [2.75, 3.05) is 0 Å². The van der Waals surface area contributed by atoms with Gasteiger partial charge in [0, 0.05) is 6.07 Å². The molecule has 0 fully saturated rings. The quantitative estimate of drug-likeness (QED) is 0.572. The van der Waals surface area contributed by atoms with E-state index in [1.54, 1.807) is 0 Å². The Bertz CT molecular complexity index is 426. The maximum atomic E-state index is 10.8. The summed E-state index contributed by atoms with van der Waals surface area (Å²) in [5.41, 5.74) is 2.74. The Kier molecular flexibility index (Phi) is 4.03. The average molecular weight is 228 g/mol. The molecule has 0 unspecified atom stereocenters. The highest BCUT2D eigenvalue weighted by Crippen LogP contribution is 2.29. The van der Waals surface area contributed by atoms with Crippen LogP contribution in [0.2, 0.25) is 0 Å². The lowest BCUT2D eigenvalue weighted by Crippen LogP contribution is -2.14. The average Bonchev–Trinajstić information content (AvgIpc) is 2.16. The number of amides is 1. The van der Waals surface area contributed by atoms with Gasteiger partial charge >= 0.3 is 11.4 Å². The van der Waals surface area contributed by atoms with Crippen LogP contribution in [0.5, 0.6) is 0 Å². The minimum Gasteiger partial charge on any atom is -0.365 e. The first-order valence-electron chi connectivity index (χ1n) is 3.66. The van der Waals surface area contributed by atoms with E-state index in [9.17, 15) is 25.0 Å². The lowest BCUT2D eigenvalue weighted by atomic mass is 10.1. The zero-order valence-corrected chi connectivity index (χ0v) is 7.95. The topological polar surface area (TPSA) is 164 Å². The Hall–Kier alpha value is -2.55. The summed E-state index contributed by atoms with van der Waals surface area (Å²) in [6, 6.07) is 3.16. The molecule has 5 N–H and O–H groups in total. The number of nitrogens with zero attached hydrogens (tertiary/aromatic N) is 2. The number of carbonyl (C=O) groups is 1. The second-order valence-corrected chi connectivity index (χ2v) is 2.55. The van der Waals surface area contributed by atoms with Crippen LogP contribution >= 0.6 is 0 Å². The molecule has 9 heteroatoms. The van der Waals surface area contributed by atoms with Crippen LogP contribution in [0.4, 0.5) is 11.4 Å². The summed E-state index contributed by atoms with van der Waals surface area (Å²) in [6.45, 7) is 0. The number of nitro groups is 2. The first kappa shape index (κ1) is 13.4. The molecule has 0 radical (unpaired) electrons. The van der Waals surface area contributed by atoms with Gasteiger partial charge in [-0.1, -0.05) is 6.07 Å². The number of para-hydroxylation sites is 1. The summed E-state index contributed by atoms with van der Waals surface area (Å²) in [4.78, 5) is 29.8. The molecular weight excluding hydrogens is 220 g/mol. The molecule has 0 bridgehead atoms. The van der Waals surface area contributed by atoms with Crippen molar-refractivity contribution < 1.29 is 14.6 Å². The minimum atomic E-state index is -1.08. The molecule has 9 nitrogen and oxygen atoms in total. The second kappa shape index (κ2) is 4.79. The van der Waals surface area contributed by atoms with Gasteiger partial charge in [0.1, 0.15) is 5.56 Å². The van der Waals surface area contributed by atoms with Gasteiger partial charge in [0.05, 0.1) is 9.85 Å². The van der Waals surface area contributed by atoms with Crippen molar-refractivity contribution in [3.8, 4) is 0 Å². The maximum absolute atomic E-state index is 10.8. The monoisotopic (exact) mass is 228 g/mol. The van der Waals surface area contributed by atoms with Crippen molar-refractivity contribution in [2.45, 2.75) is 0 Å². The first-order chi connectivity index (χ1) is 6.95. The molecular formula is C7H8N4O5. The highest BCUT2D eigenvalue weighted by molar-refractivity contribution is 5.98. The summed E-state index contributed by atoms with van der Waals surface area (Å²) in [7, 11) is 0. The van der Waals surface area contributed by atoms with Crippen molar-refractivity contribution in [3.63, 3.8) is 0 Å². The largest absolute Gasteiger partial charge is 0.365 e. The molecule has 1 rings (SSSR count). The number of nitrogens with two attached hydrogens (primary N) is 1. The number of primary amides is 1. The summed E-state index contributed by atoms with van der Waals surface area (Å²) in [6.07, 6.45) is 0. The number of hydrogen-bond donors (Lipinski definition) is 2. The van der Waals surface area contributed by atoms with Crippen LogP contribution in [-0.2, 0) is 0 Å². The van der Waals surface area contributed by atoms with Gasteiger partial charge in [-0.2, -0.15) is 0 Å². The third kappa shape index (κ3) is 2.27. The van der Waals surface area contributed by atoms with Crippen molar-refractivity contribution in [3.05, 3.63) is 44.0 Å². The predicted molar refractivity (Wildman–Crippen MR) is 53.3 cm³/mol. The molecule has 0 atom stereocenters. The molecule has 0 aliphatic rings. The van der Waals surface area contributed by atoms with E-state index in [1.807, 2.05) is 0 Å². The van der Waals surface area contributed by atoms with Crippen LogP contribution in [0.3, 0.4) is 0 Å². The Morgan fingerprint density at radius 3 is 2.12 bits per heavy atom. The van der Waals surface area contributed by atoms with Gasteiger partial charge in [0.25, 0.3) is 5.91 Å². The number of nitro benzene ring substituents is 2. The highest BCUT2D eigenvalue weighted by Gasteiger charge is 2.30. The molecule has 1 amide bonds. The smallest absolute Gasteiger partial charge is 0.358 e. The van der Waals surface area contributed by atoms with Crippen molar-refractivity contribution in [1.82, 2.24) is 6.15 Å². The zero-order valence-electron chi connectivity index (χ0n) is 7.95. The van der Waals surface area contributed by atoms with Gasteiger partial charge in [0.15, 0.2) is 0 Å². The van der Waals surface area contributed by atoms with Gasteiger partial charge in [-0.05, 0) is 6.07 Å². The molecule has 0 saturated carbocycles. The Morgan fingerprint density at radius 2 is 1.75 bits per heavy atom. The Labute approximate surface area is 88.7 Å². The molecule has 0 aliphatic carbocycles. The van der Waals surface area contributed by atoms with E-state index >= 15 is 0 Å². The third-order valence-corrected chi connectivity index (χ3v) is 1.66. The molecule has 0 heterocycles. The molecule has 0 aromatic heterocycles. The molecule has 1 aromatic rings. The van der Waals surface area contributed by atoms with Crippen molar-refractivity contribution in [2.24, 2.45) is 5.73 Å². The highest BCUT2D eigenvalue weighted by atomic mass is 16.6. The molecule has 1 aromatic carbocycles. The van der Waals surface area contributed by atoms with Crippen LogP contribution in [0.25, 0.3) is 0 Å². The molecule has 0 saturated heterocycles. The maximum Gasteiger partial charge on any atom is 0.358 e. The van der Waals surface area contributed by atoms with E-state index in [1.165, 1.54) is 0 Å². The van der Waals surface area contributed by atoms with Crippen LogP contribution in [-0.4, -0.2) is 15.8 Å². The molecule has 16 heavy (non-hydrogen) atoms. The SMILES string of the molecule is N.NC(=O)c1cccc([N+](=O)[O-])c1[N+](=O)[O-]. The third-order valence-electron chi connectivity index (χ3n) is 1.66. The van der Waals surface area contributed by atoms with Crippen molar-refractivity contribution >= 4 is 17.3 Å². The van der Waals surface area contributed by atoms with Gasteiger partial charge in [-0.25, -0.2) is 0 Å². The minimum absolute atomic E-state index is 0. The molecule has 86 valence electrons. The fourth-order valence-corrected chi connectivity index (χ4v) is 1.07. The standard InChI is InChI=1S/C7H5N3O5.H3N/c8-7(11)4-2-1-3-5(9(12)13)6(4)10(14)15;/h1-3H,(H2,8,11);1H3. The van der Waals surface area contributed by atoms with E-state index < -0.39 is 32.7 Å². The fourth-order valence-electron chi connectivity index (χ4n) is 1.07. The van der Waals surface area contributed by atoms with E-state index in [2.05, 4.69) is 0 Å². The van der Waals surface area contributed by atoms with Gasteiger partial charge in [-0.15, -0.1) is 0 Å². The summed E-state index contributed by atoms with van der Waals surface area (Å²) < 4.78 is 0. The van der Waals surface area contributed by atoms with E-state index in [4.69, 9.17) is 5.73 Å². The Balaban J connectivity index is 0.00000225. The molecule has 0 aliphatic heterocycles. The lowest BCUT2D eigenvalue weighted by molar-refractivity contribution is -0.422. The van der Waals surface area contributed by atoms with E-state index in [0.29, 0.717) is 0 Å². The van der Waals surface area contributed by atoms with Crippen LogP contribution in [0.15, 0.2) is 18.2 Å². The van der Waals surface area contributed by atoms with E-state index in [0.717, 1.165) is 18.2 Å². The number of carbonyl (C=O) groups excluding carboxylic acids is 1. The fraction of sp³-hybridized carbons (Fsp3) is 0. The van der Waals surface area contributed by atoms with Crippen LogP contribution in [0, 0.1) is 20.2 Å². The summed E-state index contributed by atoms with van der Waals surface area (Å²) in [5.74, 6) is -1.08. The number of rotatable bonds is 3. The Morgan fingerprint density at radius 1 is 1.19 bits per heavy atom. The van der Waals surface area contributed by atoms with Crippen LogP contribution < -0.4 is 11.9 Å². The first-order valence-corrected chi connectivity index (χ1v) is 3.66. The van der Waals surface area contributed by atoms with E-state index in [-0.39, 0.29) is 6.15 Å². The van der Waals surface area contributed by atoms with Gasteiger partial charge in [-0.3, -0.25) is 25.0 Å². The summed E-state index contributed by atoms with van der Waals surface area (Å²) in [5, 5.41) is 21.0. The van der Waals surface area contributed by atoms with Crippen molar-refractivity contribution in [1.29, 1.82) is 0 Å². The number of benzene rings is 1. The zero-order chi connectivity index (χ0) is 11.6. The number of hydrogen-bond acceptors (Lipinski definition) is 6. The summed E-state index contributed by atoms with van der Waals surface area (Å²) >= 11 is 0. The normalized spacial score (nSPS) is 9.00. The lowest BCUT2D eigenvalue weighted by Gasteiger charge is -1.98. The second-order valence-electron chi connectivity index (χ2n) is 2.55.